The highest BCUT2D eigenvalue weighted by molar-refractivity contribution is 6.07. The van der Waals surface area contributed by atoms with Crippen LogP contribution in [0.4, 0.5) is 0 Å². The van der Waals surface area contributed by atoms with E-state index in [4.69, 9.17) is 9.47 Å². The summed E-state index contributed by atoms with van der Waals surface area (Å²) in [4.78, 5) is 26.9. The number of aliphatic carboxylic acids is 1. The Morgan fingerprint density at radius 2 is 1.73 bits per heavy atom. The van der Waals surface area contributed by atoms with Crippen molar-refractivity contribution in [3.05, 3.63) is 71.3 Å². The number of hydrogen-bond acceptors (Lipinski definition) is 4. The molecule has 1 amide bonds. The van der Waals surface area contributed by atoms with Crippen molar-refractivity contribution in [2.24, 2.45) is 0 Å². The van der Waals surface area contributed by atoms with Crippen LogP contribution in [-0.4, -0.2) is 42.6 Å². The van der Waals surface area contributed by atoms with E-state index in [1.54, 1.807) is 24.1 Å². The van der Waals surface area contributed by atoms with Gasteiger partial charge in [0.05, 0.1) is 26.7 Å². The van der Waals surface area contributed by atoms with Gasteiger partial charge in [0.15, 0.2) is 11.5 Å². The van der Waals surface area contributed by atoms with Gasteiger partial charge < -0.3 is 19.5 Å². The third kappa shape index (κ3) is 3.45. The first-order chi connectivity index (χ1) is 14.5. The standard InChI is InChI=1S/C24H23NO5/c1-29-21-12-16-10-11-25(20(14-23(26)27)19(16)13-22(21)30-2)24(28)18-9-5-7-15-6-3-4-8-17(15)18/h3-9,12-13,20H,10-11,14H2,1-2H3,(H,26,27). The predicted octanol–water partition coefficient (Wildman–Crippen LogP) is 4.07. The van der Waals surface area contributed by atoms with Crippen molar-refractivity contribution in [3.8, 4) is 11.5 Å². The number of carbonyl (C=O) groups is 2. The fraction of sp³-hybridized carbons (Fsp3) is 0.250. The summed E-state index contributed by atoms with van der Waals surface area (Å²) >= 11 is 0. The number of nitrogens with zero attached hydrogens (tertiary/aromatic N) is 1. The lowest BCUT2D eigenvalue weighted by Gasteiger charge is -2.37. The summed E-state index contributed by atoms with van der Waals surface area (Å²) < 4.78 is 10.8. The molecule has 6 nitrogen and oxygen atoms in total. The van der Waals surface area contributed by atoms with Crippen LogP contribution >= 0.6 is 0 Å². The monoisotopic (exact) mass is 405 g/mol. The van der Waals surface area contributed by atoms with Crippen molar-refractivity contribution in [2.75, 3.05) is 20.8 Å². The molecule has 0 radical (unpaired) electrons. The van der Waals surface area contributed by atoms with Crippen LogP contribution < -0.4 is 9.47 Å². The zero-order chi connectivity index (χ0) is 21.3. The molecule has 1 atom stereocenters. The fourth-order valence-electron chi connectivity index (χ4n) is 4.22. The second-order valence-electron chi connectivity index (χ2n) is 7.29. The molecule has 30 heavy (non-hydrogen) atoms. The van der Waals surface area contributed by atoms with E-state index in [-0.39, 0.29) is 12.3 Å². The molecule has 0 saturated carbocycles. The largest absolute Gasteiger partial charge is 0.493 e. The van der Waals surface area contributed by atoms with Gasteiger partial charge in [0.2, 0.25) is 0 Å². The summed E-state index contributed by atoms with van der Waals surface area (Å²) in [5.74, 6) is -0.0120. The molecule has 1 aliphatic rings. The number of amides is 1. The normalized spacial score (nSPS) is 15.5. The van der Waals surface area contributed by atoms with Crippen molar-refractivity contribution >= 4 is 22.6 Å². The molecule has 4 rings (SSSR count). The maximum Gasteiger partial charge on any atom is 0.305 e. The first kappa shape index (κ1) is 19.8. The number of rotatable bonds is 5. The van der Waals surface area contributed by atoms with Crippen LogP contribution in [0.2, 0.25) is 0 Å². The van der Waals surface area contributed by atoms with Crippen LogP contribution in [0.25, 0.3) is 10.8 Å². The zero-order valence-corrected chi connectivity index (χ0v) is 16.9. The molecule has 0 bridgehead atoms. The van der Waals surface area contributed by atoms with Gasteiger partial charge in [0, 0.05) is 12.1 Å². The molecule has 0 aliphatic carbocycles. The van der Waals surface area contributed by atoms with E-state index in [9.17, 15) is 14.7 Å². The molecule has 3 aromatic rings. The zero-order valence-electron chi connectivity index (χ0n) is 16.9. The van der Waals surface area contributed by atoms with Gasteiger partial charge in [-0.25, -0.2) is 0 Å². The second kappa shape index (κ2) is 8.06. The van der Waals surface area contributed by atoms with Crippen molar-refractivity contribution in [1.29, 1.82) is 0 Å². The van der Waals surface area contributed by atoms with E-state index in [1.807, 2.05) is 42.5 Å². The summed E-state index contributed by atoms with van der Waals surface area (Å²) in [7, 11) is 3.11. The minimum atomic E-state index is -0.960. The van der Waals surface area contributed by atoms with Crippen LogP contribution in [0.15, 0.2) is 54.6 Å². The van der Waals surface area contributed by atoms with Crippen molar-refractivity contribution in [2.45, 2.75) is 18.9 Å². The van der Waals surface area contributed by atoms with Crippen molar-refractivity contribution < 1.29 is 24.2 Å². The number of carboxylic acid groups (broad SMARTS) is 1. The summed E-state index contributed by atoms with van der Waals surface area (Å²) in [6, 6.07) is 16.4. The Kier molecular flexibility index (Phi) is 5.31. The first-order valence-corrected chi connectivity index (χ1v) is 9.78. The molecule has 0 saturated heterocycles. The average Bonchev–Trinajstić information content (AvgIpc) is 2.77. The Morgan fingerprint density at radius 3 is 2.47 bits per heavy atom. The summed E-state index contributed by atoms with van der Waals surface area (Å²) in [6.45, 7) is 0.433. The molecule has 1 unspecified atom stereocenters. The topological polar surface area (TPSA) is 76.1 Å². The van der Waals surface area contributed by atoms with E-state index >= 15 is 0 Å². The van der Waals surface area contributed by atoms with Crippen molar-refractivity contribution in [1.82, 2.24) is 4.90 Å². The molecular weight excluding hydrogens is 382 g/mol. The maximum atomic E-state index is 13.6. The smallest absolute Gasteiger partial charge is 0.305 e. The molecule has 3 aromatic carbocycles. The van der Waals surface area contributed by atoms with Crippen LogP contribution in [0.1, 0.15) is 33.9 Å². The number of ether oxygens (including phenoxy) is 2. The first-order valence-electron chi connectivity index (χ1n) is 9.78. The SMILES string of the molecule is COc1cc2c(cc1OC)C(CC(=O)O)N(C(=O)c1cccc3ccccc13)CC2. The molecule has 6 heteroatoms. The van der Waals surface area contributed by atoms with E-state index in [2.05, 4.69) is 0 Å². The molecular formula is C24H23NO5. The van der Waals surface area contributed by atoms with Crippen LogP contribution in [-0.2, 0) is 11.2 Å². The van der Waals surface area contributed by atoms with Crippen LogP contribution in [0.5, 0.6) is 11.5 Å². The minimum Gasteiger partial charge on any atom is -0.493 e. The second-order valence-corrected chi connectivity index (χ2v) is 7.29. The average molecular weight is 405 g/mol. The third-order valence-corrected chi connectivity index (χ3v) is 5.65. The van der Waals surface area contributed by atoms with Gasteiger partial charge in [-0.1, -0.05) is 36.4 Å². The lowest BCUT2D eigenvalue weighted by atomic mass is 9.89. The highest BCUT2D eigenvalue weighted by Gasteiger charge is 2.34. The van der Waals surface area contributed by atoms with Gasteiger partial charge in [0.25, 0.3) is 5.91 Å². The number of methoxy groups -OCH3 is 2. The molecule has 1 N–H and O–H groups in total. The van der Waals surface area contributed by atoms with E-state index < -0.39 is 12.0 Å². The van der Waals surface area contributed by atoms with E-state index in [0.717, 1.165) is 21.9 Å². The molecule has 154 valence electrons. The Hall–Kier alpha value is -3.54. The quantitative estimate of drug-likeness (QED) is 0.692. The van der Waals surface area contributed by atoms with Gasteiger partial charge >= 0.3 is 5.97 Å². The van der Waals surface area contributed by atoms with Crippen LogP contribution in [0, 0.1) is 0 Å². The Bertz CT molecular complexity index is 1120. The van der Waals surface area contributed by atoms with E-state index in [0.29, 0.717) is 30.0 Å². The molecule has 0 spiro atoms. The fourth-order valence-corrected chi connectivity index (χ4v) is 4.22. The number of fused-ring (bicyclic) bond motifs is 2. The third-order valence-electron chi connectivity index (χ3n) is 5.65. The van der Waals surface area contributed by atoms with Gasteiger partial charge in [-0.05, 0) is 46.5 Å². The maximum absolute atomic E-state index is 13.6. The minimum absolute atomic E-state index is 0.168. The number of carbonyl (C=O) groups excluding carboxylic acids is 1. The highest BCUT2D eigenvalue weighted by Crippen LogP contribution is 2.40. The Balaban J connectivity index is 1.80. The molecule has 1 aliphatic heterocycles. The number of benzene rings is 3. The molecule has 0 fully saturated rings. The lowest BCUT2D eigenvalue weighted by molar-refractivity contribution is -0.138. The number of hydrogen-bond donors (Lipinski definition) is 1. The Morgan fingerprint density at radius 1 is 1.03 bits per heavy atom. The van der Waals surface area contributed by atoms with Crippen molar-refractivity contribution in [3.63, 3.8) is 0 Å². The van der Waals surface area contributed by atoms with Gasteiger partial charge in [-0.15, -0.1) is 0 Å². The lowest BCUT2D eigenvalue weighted by Crippen LogP contribution is -2.41. The Labute approximate surface area is 174 Å². The molecule has 1 heterocycles. The summed E-state index contributed by atoms with van der Waals surface area (Å²) in [6.07, 6.45) is 0.432. The number of carboxylic acids is 1. The van der Waals surface area contributed by atoms with E-state index in [1.165, 1.54) is 7.11 Å². The predicted molar refractivity (Wildman–Crippen MR) is 113 cm³/mol. The summed E-state index contributed by atoms with van der Waals surface area (Å²) in [5, 5.41) is 11.4. The van der Waals surface area contributed by atoms with Gasteiger partial charge in [0.1, 0.15) is 0 Å². The van der Waals surface area contributed by atoms with Gasteiger partial charge in [-0.2, -0.15) is 0 Å². The van der Waals surface area contributed by atoms with Crippen LogP contribution in [0.3, 0.4) is 0 Å². The molecule has 0 aromatic heterocycles. The highest BCUT2D eigenvalue weighted by atomic mass is 16.5. The summed E-state index contributed by atoms with van der Waals surface area (Å²) in [5.41, 5.74) is 2.34. The van der Waals surface area contributed by atoms with Gasteiger partial charge in [-0.3, -0.25) is 9.59 Å².